The van der Waals surface area contributed by atoms with E-state index in [2.05, 4.69) is 15.3 Å². The Balaban J connectivity index is 2.09. The van der Waals surface area contributed by atoms with Crippen LogP contribution in [0.25, 0.3) is 0 Å². The summed E-state index contributed by atoms with van der Waals surface area (Å²) in [6, 6.07) is 0.759. The van der Waals surface area contributed by atoms with Crippen molar-refractivity contribution in [3.05, 3.63) is 18.0 Å². The summed E-state index contributed by atoms with van der Waals surface area (Å²) in [4.78, 5) is 6.96. The Kier molecular flexibility index (Phi) is 3.20. The van der Waals surface area contributed by atoms with Gasteiger partial charge in [0.25, 0.3) is 0 Å². The van der Waals surface area contributed by atoms with Gasteiger partial charge in [-0.2, -0.15) is 13.2 Å². The van der Waals surface area contributed by atoms with E-state index in [0.29, 0.717) is 12.8 Å². The highest BCUT2D eigenvalue weighted by molar-refractivity contribution is 7.92. The summed E-state index contributed by atoms with van der Waals surface area (Å²) < 4.78 is 59.4. The zero-order valence-corrected chi connectivity index (χ0v) is 10.8. The molecule has 1 saturated carbocycles. The molecule has 2 rings (SSSR count). The number of alkyl halides is 3. The Bertz CT molecular complexity index is 582. The van der Waals surface area contributed by atoms with E-state index in [1.165, 1.54) is 0 Å². The first-order valence-electron chi connectivity index (χ1n) is 5.48. The average molecular weight is 295 g/mol. The van der Waals surface area contributed by atoms with E-state index in [1.807, 2.05) is 0 Å². The van der Waals surface area contributed by atoms with Crippen LogP contribution in [0.5, 0.6) is 0 Å². The second-order valence-corrected chi connectivity index (χ2v) is 6.98. The SMILES string of the molecule is CS(=O)(=O)C1(CNc2nccc(C(F)(F)F)n2)CC1. The molecule has 5 nitrogen and oxygen atoms in total. The standard InChI is InChI=1S/C10H12F3N3O2S/c1-19(17,18)9(3-4-9)6-15-8-14-5-2-7(16-8)10(11,12)13/h2,5H,3-4,6H2,1H3,(H,14,15,16). The van der Waals surface area contributed by atoms with Crippen LogP contribution < -0.4 is 5.32 Å². The molecule has 1 aliphatic rings. The van der Waals surface area contributed by atoms with Gasteiger partial charge in [-0.05, 0) is 18.9 Å². The molecule has 1 heterocycles. The minimum atomic E-state index is -4.55. The summed E-state index contributed by atoms with van der Waals surface area (Å²) in [5, 5.41) is 2.57. The number of rotatable bonds is 4. The third-order valence-electron chi connectivity index (χ3n) is 3.11. The first kappa shape index (κ1) is 14.0. The van der Waals surface area contributed by atoms with E-state index >= 15 is 0 Å². The van der Waals surface area contributed by atoms with Crippen LogP contribution in [0.1, 0.15) is 18.5 Å². The molecule has 19 heavy (non-hydrogen) atoms. The fourth-order valence-corrected chi connectivity index (χ4v) is 2.84. The lowest BCUT2D eigenvalue weighted by atomic mass is 10.4. The highest BCUT2D eigenvalue weighted by Crippen LogP contribution is 2.43. The van der Waals surface area contributed by atoms with Gasteiger partial charge in [0.05, 0.1) is 4.75 Å². The molecular weight excluding hydrogens is 283 g/mol. The van der Waals surface area contributed by atoms with Gasteiger partial charge < -0.3 is 5.32 Å². The predicted molar refractivity (Wildman–Crippen MR) is 62.3 cm³/mol. The Morgan fingerprint density at radius 1 is 1.42 bits per heavy atom. The maximum Gasteiger partial charge on any atom is 0.433 e. The third kappa shape index (κ3) is 2.96. The molecule has 0 aliphatic heterocycles. The van der Waals surface area contributed by atoms with Crippen molar-refractivity contribution in [2.75, 3.05) is 18.1 Å². The van der Waals surface area contributed by atoms with Crippen molar-refractivity contribution >= 4 is 15.8 Å². The van der Waals surface area contributed by atoms with Gasteiger partial charge in [-0.15, -0.1) is 0 Å². The summed E-state index contributed by atoms with van der Waals surface area (Å²) in [6.45, 7) is 0.0210. The van der Waals surface area contributed by atoms with E-state index in [0.717, 1.165) is 18.5 Å². The minimum absolute atomic E-state index is 0.0210. The molecule has 0 amide bonds. The summed E-state index contributed by atoms with van der Waals surface area (Å²) in [5.41, 5.74) is -1.06. The normalized spacial score (nSPS) is 18.1. The van der Waals surface area contributed by atoms with Gasteiger partial charge in [-0.1, -0.05) is 0 Å². The molecule has 0 bridgehead atoms. The second-order valence-electron chi connectivity index (χ2n) is 4.57. The lowest BCUT2D eigenvalue weighted by Crippen LogP contribution is -2.31. The fourth-order valence-electron chi connectivity index (χ4n) is 1.66. The Morgan fingerprint density at radius 2 is 2.05 bits per heavy atom. The van der Waals surface area contributed by atoms with Crippen LogP contribution in [-0.2, 0) is 16.0 Å². The van der Waals surface area contributed by atoms with E-state index in [1.54, 1.807) is 0 Å². The number of halogens is 3. The van der Waals surface area contributed by atoms with Crippen LogP contribution in [-0.4, -0.2) is 35.9 Å². The number of nitrogens with one attached hydrogen (secondary N) is 1. The predicted octanol–water partition coefficient (Wildman–Crippen LogP) is 1.48. The third-order valence-corrected chi connectivity index (χ3v) is 5.23. The Labute approximate surface area is 108 Å². The van der Waals surface area contributed by atoms with Gasteiger partial charge in [0.2, 0.25) is 5.95 Å². The zero-order chi connectivity index (χ0) is 14.3. The largest absolute Gasteiger partial charge is 0.433 e. The molecule has 1 aromatic rings. The fraction of sp³-hybridized carbons (Fsp3) is 0.600. The monoisotopic (exact) mass is 295 g/mol. The smallest absolute Gasteiger partial charge is 0.353 e. The van der Waals surface area contributed by atoms with Crippen LogP contribution in [0, 0.1) is 0 Å². The summed E-state index contributed by atoms with van der Waals surface area (Å²) in [7, 11) is -3.24. The quantitative estimate of drug-likeness (QED) is 0.911. The number of aromatic nitrogens is 2. The van der Waals surface area contributed by atoms with Crippen LogP contribution in [0.4, 0.5) is 19.1 Å². The lowest BCUT2D eigenvalue weighted by molar-refractivity contribution is -0.141. The van der Waals surface area contributed by atoms with Crippen LogP contribution in [0.2, 0.25) is 0 Å². The molecule has 1 aliphatic carbocycles. The van der Waals surface area contributed by atoms with Gasteiger partial charge in [-0.3, -0.25) is 0 Å². The molecule has 0 aromatic carbocycles. The molecule has 0 saturated heterocycles. The van der Waals surface area contributed by atoms with Crippen molar-refractivity contribution in [2.45, 2.75) is 23.8 Å². The van der Waals surface area contributed by atoms with Crippen LogP contribution in [0.3, 0.4) is 0 Å². The van der Waals surface area contributed by atoms with Crippen LogP contribution >= 0.6 is 0 Å². The number of nitrogens with zero attached hydrogens (tertiary/aromatic N) is 2. The van der Waals surface area contributed by atoms with Crippen molar-refractivity contribution in [1.29, 1.82) is 0 Å². The van der Waals surface area contributed by atoms with Crippen molar-refractivity contribution in [1.82, 2.24) is 9.97 Å². The van der Waals surface area contributed by atoms with Gasteiger partial charge in [0, 0.05) is 19.0 Å². The van der Waals surface area contributed by atoms with E-state index < -0.39 is 26.5 Å². The van der Waals surface area contributed by atoms with E-state index in [4.69, 9.17) is 0 Å². The highest BCUT2D eigenvalue weighted by Gasteiger charge is 2.52. The maximum absolute atomic E-state index is 12.4. The first-order chi connectivity index (χ1) is 8.64. The van der Waals surface area contributed by atoms with Crippen molar-refractivity contribution in [3.63, 3.8) is 0 Å². The van der Waals surface area contributed by atoms with E-state index in [9.17, 15) is 21.6 Å². The molecule has 0 atom stereocenters. The summed E-state index contributed by atoms with van der Waals surface area (Å²) in [5.74, 6) is -0.218. The van der Waals surface area contributed by atoms with E-state index in [-0.39, 0.29) is 12.5 Å². The van der Waals surface area contributed by atoms with Crippen molar-refractivity contribution in [3.8, 4) is 0 Å². The second kappa shape index (κ2) is 4.32. The van der Waals surface area contributed by atoms with Crippen LogP contribution in [0.15, 0.2) is 12.3 Å². The number of sulfone groups is 1. The molecule has 1 N–H and O–H groups in total. The lowest BCUT2D eigenvalue weighted by Gasteiger charge is -2.14. The molecule has 106 valence electrons. The van der Waals surface area contributed by atoms with Gasteiger partial charge in [0.15, 0.2) is 9.84 Å². The Hall–Kier alpha value is -1.38. The zero-order valence-electron chi connectivity index (χ0n) is 10.0. The minimum Gasteiger partial charge on any atom is -0.353 e. The summed E-state index contributed by atoms with van der Waals surface area (Å²) in [6.07, 6.45) is -1.45. The molecule has 9 heteroatoms. The van der Waals surface area contributed by atoms with Crippen molar-refractivity contribution < 1.29 is 21.6 Å². The molecule has 1 fully saturated rings. The molecule has 0 unspecified atom stereocenters. The highest BCUT2D eigenvalue weighted by atomic mass is 32.2. The number of anilines is 1. The maximum atomic E-state index is 12.4. The summed E-state index contributed by atoms with van der Waals surface area (Å²) >= 11 is 0. The Morgan fingerprint density at radius 3 is 2.53 bits per heavy atom. The molecule has 0 spiro atoms. The van der Waals surface area contributed by atoms with Gasteiger partial charge >= 0.3 is 6.18 Å². The first-order valence-corrected chi connectivity index (χ1v) is 7.37. The van der Waals surface area contributed by atoms with Gasteiger partial charge in [-0.25, -0.2) is 18.4 Å². The molecule has 0 radical (unpaired) electrons. The molecule has 1 aromatic heterocycles. The van der Waals surface area contributed by atoms with Gasteiger partial charge in [0.1, 0.15) is 5.69 Å². The number of hydrogen-bond acceptors (Lipinski definition) is 5. The average Bonchev–Trinajstić information content (AvgIpc) is 3.06. The van der Waals surface area contributed by atoms with Crippen molar-refractivity contribution in [2.24, 2.45) is 0 Å². The topological polar surface area (TPSA) is 72.0 Å². The molecular formula is C10H12F3N3O2S. The number of hydrogen-bond donors (Lipinski definition) is 1.